The van der Waals surface area contributed by atoms with Gasteiger partial charge in [0.05, 0.1) is 48.9 Å². The van der Waals surface area contributed by atoms with Crippen LogP contribution >= 0.6 is 15.9 Å². The fourth-order valence-electron chi connectivity index (χ4n) is 3.39. The summed E-state index contributed by atoms with van der Waals surface area (Å²) in [4.78, 5) is 14.7. The molecule has 0 saturated heterocycles. The van der Waals surface area contributed by atoms with Gasteiger partial charge in [-0.15, -0.1) is 15.3 Å². The highest BCUT2D eigenvalue weighted by Crippen LogP contribution is 2.28. The van der Waals surface area contributed by atoms with E-state index in [2.05, 4.69) is 48.8 Å². The van der Waals surface area contributed by atoms with Gasteiger partial charge in [0.15, 0.2) is 0 Å². The molecule has 10 nitrogen and oxygen atoms in total. The first-order valence-electron chi connectivity index (χ1n) is 11.5. The van der Waals surface area contributed by atoms with Crippen LogP contribution in [0.15, 0.2) is 86.5 Å². The number of hydrogen-bond acceptors (Lipinski definition) is 8. The van der Waals surface area contributed by atoms with Crippen LogP contribution in [-0.4, -0.2) is 37.0 Å². The molecule has 3 aromatic carbocycles. The van der Waals surface area contributed by atoms with Gasteiger partial charge in [-0.3, -0.25) is 4.79 Å². The van der Waals surface area contributed by atoms with Crippen LogP contribution in [0.25, 0.3) is 0 Å². The number of ether oxygens (including phenoxy) is 1. The van der Waals surface area contributed by atoms with Gasteiger partial charge in [0.1, 0.15) is 11.5 Å². The van der Waals surface area contributed by atoms with Gasteiger partial charge >= 0.3 is 0 Å². The van der Waals surface area contributed by atoms with Crippen LogP contribution in [0.5, 0.6) is 11.5 Å². The van der Waals surface area contributed by atoms with E-state index in [4.69, 9.17) is 15.3 Å². The molecular weight excluding hydrogens is 550 g/mol. The minimum Gasteiger partial charge on any atom is -0.507 e. The van der Waals surface area contributed by atoms with Gasteiger partial charge in [-0.1, -0.05) is 34.1 Å². The zero-order valence-electron chi connectivity index (χ0n) is 20.5. The molecule has 0 saturated carbocycles. The summed E-state index contributed by atoms with van der Waals surface area (Å²) < 4.78 is 6.22. The number of amidine groups is 1. The van der Waals surface area contributed by atoms with Crippen molar-refractivity contribution in [3.05, 3.63) is 82.3 Å². The Balaban J connectivity index is 2.00. The second kappa shape index (κ2) is 14.1. The van der Waals surface area contributed by atoms with Crippen LogP contribution in [0.2, 0.25) is 0 Å². The summed E-state index contributed by atoms with van der Waals surface area (Å²) in [7, 11) is 1.49. The molecule has 0 bridgehead atoms. The van der Waals surface area contributed by atoms with Crippen molar-refractivity contribution < 1.29 is 14.6 Å². The van der Waals surface area contributed by atoms with E-state index in [1.54, 1.807) is 36.4 Å². The van der Waals surface area contributed by atoms with Gasteiger partial charge in [0.25, 0.3) is 5.91 Å². The summed E-state index contributed by atoms with van der Waals surface area (Å²) in [6.07, 6.45) is 0.587. The van der Waals surface area contributed by atoms with Crippen LogP contribution in [0, 0.1) is 22.7 Å². The molecule has 2 N–H and O–H groups in total. The average Bonchev–Trinajstić information content (AvgIpc) is 2.94. The lowest BCUT2D eigenvalue weighted by atomic mass is 10.1. The van der Waals surface area contributed by atoms with Gasteiger partial charge in [0, 0.05) is 29.3 Å². The van der Waals surface area contributed by atoms with Crippen molar-refractivity contribution in [3.8, 4) is 23.6 Å². The first kappa shape index (κ1) is 27.8. The number of azo groups is 1. The fourth-order valence-corrected chi connectivity index (χ4v) is 3.75. The lowest BCUT2D eigenvalue weighted by Crippen LogP contribution is -2.25. The zero-order valence-corrected chi connectivity index (χ0v) is 22.1. The number of hydrogen-bond donors (Lipinski definition) is 2. The Morgan fingerprint density at radius 3 is 2.39 bits per heavy atom. The number of methoxy groups -OCH3 is 1. The number of nitriles is 2. The van der Waals surface area contributed by atoms with Crippen molar-refractivity contribution in [1.29, 1.82) is 10.5 Å². The van der Waals surface area contributed by atoms with Gasteiger partial charge in [-0.25, -0.2) is 5.43 Å². The van der Waals surface area contributed by atoms with Crippen LogP contribution in [0.4, 0.5) is 11.4 Å². The third-order valence-electron chi connectivity index (χ3n) is 5.26. The number of phenolic OH excluding ortho intramolecular Hbond substituents is 1. The van der Waals surface area contributed by atoms with Gasteiger partial charge in [-0.05, 0) is 42.5 Å². The Morgan fingerprint density at radius 2 is 1.74 bits per heavy atom. The second-order valence-electron chi connectivity index (χ2n) is 7.76. The topological polar surface area (TPSA) is 146 Å². The molecule has 0 aliphatic heterocycles. The Hall–Kier alpha value is -4.74. The molecule has 3 rings (SSSR count). The monoisotopic (exact) mass is 573 g/mol. The van der Waals surface area contributed by atoms with Crippen molar-refractivity contribution in [2.75, 3.05) is 25.1 Å². The highest BCUT2D eigenvalue weighted by atomic mass is 79.9. The SMILES string of the molecule is COc1cc(N(CCC#N)CCC#N)ccc1/C(N=Nc1ccccc1)=N\NC(=O)c1cc(Br)ccc1O. The standard InChI is InChI=1S/C27H24BrN7O3/c1-38-25-18-21(35(15-5-13-29)16-6-14-30)10-11-22(25)26(32-31-20-7-3-2-4-8-20)33-34-27(37)23-17-19(28)9-12-24(23)36/h2-4,7-12,17-18,36H,5-6,15-16H2,1H3,(H,34,37)/b32-31?,33-26+. The Labute approximate surface area is 228 Å². The molecule has 0 heterocycles. The number of hydrazone groups is 1. The van der Waals surface area contributed by atoms with E-state index in [0.717, 1.165) is 5.69 Å². The summed E-state index contributed by atoms with van der Waals surface area (Å²) >= 11 is 3.28. The third-order valence-corrected chi connectivity index (χ3v) is 5.75. The van der Waals surface area contributed by atoms with E-state index in [0.29, 0.717) is 47.4 Å². The lowest BCUT2D eigenvalue weighted by Gasteiger charge is -2.23. The van der Waals surface area contributed by atoms with Crippen molar-refractivity contribution in [2.45, 2.75) is 12.8 Å². The van der Waals surface area contributed by atoms with E-state index in [1.807, 2.05) is 23.1 Å². The minimum absolute atomic E-state index is 0.0235. The molecule has 11 heteroatoms. The van der Waals surface area contributed by atoms with E-state index in [1.165, 1.54) is 19.2 Å². The van der Waals surface area contributed by atoms with Crippen molar-refractivity contribution in [2.24, 2.45) is 15.3 Å². The Kier molecular flexibility index (Phi) is 10.3. The molecular formula is C27H24BrN7O3. The number of phenols is 1. The predicted octanol–water partition coefficient (Wildman–Crippen LogP) is 5.67. The molecule has 0 aliphatic carbocycles. The van der Waals surface area contributed by atoms with Gasteiger partial charge in [0.2, 0.25) is 5.84 Å². The summed E-state index contributed by atoms with van der Waals surface area (Å²) in [5, 5.41) is 40.8. The molecule has 3 aromatic rings. The third kappa shape index (κ3) is 7.63. The Bertz CT molecular complexity index is 1390. The van der Waals surface area contributed by atoms with Crippen molar-refractivity contribution in [1.82, 2.24) is 5.43 Å². The predicted molar refractivity (Wildman–Crippen MR) is 146 cm³/mol. The van der Waals surface area contributed by atoms with Gasteiger partial charge in [-0.2, -0.15) is 10.5 Å². The highest BCUT2D eigenvalue weighted by Gasteiger charge is 2.17. The van der Waals surface area contributed by atoms with Crippen LogP contribution in [-0.2, 0) is 0 Å². The molecule has 192 valence electrons. The molecule has 0 spiro atoms. The first-order chi connectivity index (χ1) is 18.5. The molecule has 0 fully saturated rings. The fraction of sp³-hybridized carbons (Fsp3) is 0.185. The maximum absolute atomic E-state index is 12.8. The van der Waals surface area contributed by atoms with E-state index >= 15 is 0 Å². The number of carbonyl (C=O) groups is 1. The number of nitrogens with zero attached hydrogens (tertiary/aromatic N) is 6. The van der Waals surface area contributed by atoms with Crippen LogP contribution < -0.4 is 15.1 Å². The normalized spacial score (nSPS) is 11.0. The Morgan fingerprint density at radius 1 is 1.03 bits per heavy atom. The largest absolute Gasteiger partial charge is 0.507 e. The number of nitrogens with one attached hydrogen (secondary N) is 1. The number of amides is 1. The first-order valence-corrected chi connectivity index (χ1v) is 12.3. The molecule has 0 aromatic heterocycles. The zero-order chi connectivity index (χ0) is 27.3. The molecule has 0 radical (unpaired) electrons. The maximum atomic E-state index is 12.8. The number of rotatable bonds is 10. The van der Waals surface area contributed by atoms with Crippen LogP contribution in [0.3, 0.4) is 0 Å². The summed E-state index contributed by atoms with van der Waals surface area (Å²) in [6, 6.07) is 23.0. The number of carbonyl (C=O) groups excluding carboxylic acids is 1. The molecule has 38 heavy (non-hydrogen) atoms. The van der Waals surface area contributed by atoms with Crippen molar-refractivity contribution in [3.63, 3.8) is 0 Å². The summed E-state index contributed by atoms with van der Waals surface area (Å²) in [5.41, 5.74) is 4.21. The second-order valence-corrected chi connectivity index (χ2v) is 8.68. The van der Waals surface area contributed by atoms with E-state index in [-0.39, 0.29) is 17.1 Å². The number of halogens is 1. The smallest absolute Gasteiger partial charge is 0.275 e. The molecule has 0 atom stereocenters. The average molecular weight is 574 g/mol. The minimum atomic E-state index is -0.647. The number of anilines is 1. The maximum Gasteiger partial charge on any atom is 0.275 e. The van der Waals surface area contributed by atoms with E-state index < -0.39 is 5.91 Å². The summed E-state index contributed by atoms with van der Waals surface area (Å²) in [6.45, 7) is 0.892. The quantitative estimate of drug-likeness (QED) is 0.138. The molecule has 0 unspecified atom stereocenters. The molecule has 1 amide bonds. The molecule has 0 aliphatic rings. The van der Waals surface area contributed by atoms with E-state index in [9.17, 15) is 9.90 Å². The van der Waals surface area contributed by atoms with Crippen LogP contribution in [0.1, 0.15) is 28.8 Å². The van der Waals surface area contributed by atoms with Crippen molar-refractivity contribution >= 4 is 39.0 Å². The lowest BCUT2D eigenvalue weighted by molar-refractivity contribution is 0.0952. The summed E-state index contributed by atoms with van der Waals surface area (Å²) in [5.74, 6) is -0.400. The van der Waals surface area contributed by atoms with Gasteiger partial charge < -0.3 is 14.7 Å². The number of benzene rings is 3. The highest BCUT2D eigenvalue weighted by molar-refractivity contribution is 9.10. The number of aromatic hydroxyl groups is 1.